The molecule has 132 valence electrons. The van der Waals surface area contributed by atoms with Crippen molar-refractivity contribution in [3.05, 3.63) is 88.6 Å². The zero-order valence-corrected chi connectivity index (χ0v) is 14.8. The van der Waals surface area contributed by atoms with Crippen LogP contribution in [0.1, 0.15) is 17.0 Å². The van der Waals surface area contributed by atoms with Gasteiger partial charge in [-0.25, -0.2) is 4.79 Å². The van der Waals surface area contributed by atoms with Crippen LogP contribution in [0.15, 0.2) is 72.5 Å². The first kappa shape index (κ1) is 17.2. The molecule has 0 saturated carbocycles. The Morgan fingerprint density at radius 2 is 1.52 bits per heavy atom. The standard InChI is InChI=1S/C22H13ClO4/c23-17-9-7-15(8-10-17)19-20(24)18(27-22(26)21(19)25)12-13-5-6-14-3-1-2-4-16(14)11-13/h1-12,19H. The van der Waals surface area contributed by atoms with E-state index >= 15 is 0 Å². The molecule has 1 saturated heterocycles. The molecule has 0 aromatic heterocycles. The highest BCUT2D eigenvalue weighted by atomic mass is 35.5. The van der Waals surface area contributed by atoms with E-state index in [9.17, 15) is 14.4 Å². The van der Waals surface area contributed by atoms with Gasteiger partial charge in [0.25, 0.3) is 5.78 Å². The predicted molar refractivity (Wildman–Crippen MR) is 102 cm³/mol. The Morgan fingerprint density at radius 1 is 0.815 bits per heavy atom. The fourth-order valence-electron chi connectivity index (χ4n) is 3.09. The number of Topliss-reactive ketones (excluding diaryl/α,β-unsaturated/α-hetero) is 2. The first-order chi connectivity index (χ1) is 13.0. The third-order valence-corrected chi connectivity index (χ3v) is 4.70. The van der Waals surface area contributed by atoms with E-state index in [1.165, 1.54) is 6.08 Å². The summed E-state index contributed by atoms with van der Waals surface area (Å²) in [6.45, 7) is 0. The molecule has 0 radical (unpaired) electrons. The molecule has 1 atom stereocenters. The fraction of sp³-hybridized carbons (Fsp3) is 0.0455. The monoisotopic (exact) mass is 376 g/mol. The Bertz CT molecular complexity index is 1110. The van der Waals surface area contributed by atoms with Crippen molar-refractivity contribution in [2.75, 3.05) is 0 Å². The zero-order chi connectivity index (χ0) is 19.0. The number of hydrogen-bond donors (Lipinski definition) is 0. The van der Waals surface area contributed by atoms with Gasteiger partial charge in [-0.05, 0) is 46.2 Å². The molecule has 0 spiro atoms. The third-order valence-electron chi connectivity index (χ3n) is 4.45. The second-order valence-electron chi connectivity index (χ2n) is 6.22. The van der Waals surface area contributed by atoms with Crippen LogP contribution >= 0.6 is 11.6 Å². The lowest BCUT2D eigenvalue weighted by atomic mass is 9.87. The van der Waals surface area contributed by atoms with Crippen LogP contribution in [0.2, 0.25) is 5.02 Å². The molecule has 0 bridgehead atoms. The van der Waals surface area contributed by atoms with Gasteiger partial charge in [0.2, 0.25) is 5.78 Å². The van der Waals surface area contributed by atoms with Crippen LogP contribution < -0.4 is 0 Å². The van der Waals surface area contributed by atoms with E-state index in [2.05, 4.69) is 0 Å². The van der Waals surface area contributed by atoms with Crippen molar-refractivity contribution in [3.8, 4) is 0 Å². The number of benzene rings is 3. The fourth-order valence-corrected chi connectivity index (χ4v) is 3.21. The molecule has 0 aliphatic carbocycles. The van der Waals surface area contributed by atoms with E-state index in [1.807, 2.05) is 42.5 Å². The highest BCUT2D eigenvalue weighted by Gasteiger charge is 2.42. The number of ether oxygens (including phenoxy) is 1. The summed E-state index contributed by atoms with van der Waals surface area (Å²) in [6, 6.07) is 19.7. The van der Waals surface area contributed by atoms with E-state index in [-0.39, 0.29) is 5.76 Å². The van der Waals surface area contributed by atoms with Crippen molar-refractivity contribution >= 4 is 46.0 Å². The van der Waals surface area contributed by atoms with Gasteiger partial charge in [0.15, 0.2) is 5.76 Å². The number of fused-ring (bicyclic) bond motifs is 1. The van der Waals surface area contributed by atoms with Crippen molar-refractivity contribution in [2.45, 2.75) is 5.92 Å². The van der Waals surface area contributed by atoms with Gasteiger partial charge < -0.3 is 4.74 Å². The molecule has 4 nitrogen and oxygen atoms in total. The minimum atomic E-state index is -1.21. The Kier molecular flexibility index (Phi) is 4.34. The van der Waals surface area contributed by atoms with Gasteiger partial charge in [-0.3, -0.25) is 9.59 Å². The molecule has 4 rings (SSSR count). The molecule has 3 aromatic carbocycles. The van der Waals surface area contributed by atoms with Gasteiger partial charge in [-0.15, -0.1) is 0 Å². The lowest BCUT2D eigenvalue weighted by Crippen LogP contribution is -2.37. The third kappa shape index (κ3) is 3.27. The first-order valence-corrected chi connectivity index (χ1v) is 8.67. The quantitative estimate of drug-likeness (QED) is 0.289. The largest absolute Gasteiger partial charge is 0.417 e. The lowest BCUT2D eigenvalue weighted by Gasteiger charge is -2.21. The molecule has 1 fully saturated rings. The maximum absolute atomic E-state index is 12.8. The summed E-state index contributed by atoms with van der Waals surface area (Å²) in [5, 5.41) is 2.52. The van der Waals surface area contributed by atoms with Crippen LogP contribution in [-0.2, 0) is 19.1 Å². The number of hydrogen-bond acceptors (Lipinski definition) is 4. The second-order valence-corrected chi connectivity index (χ2v) is 6.65. The van der Waals surface area contributed by atoms with Gasteiger partial charge >= 0.3 is 5.97 Å². The molecular weight excluding hydrogens is 364 g/mol. The van der Waals surface area contributed by atoms with Crippen molar-refractivity contribution in [2.24, 2.45) is 0 Å². The van der Waals surface area contributed by atoms with E-state index in [1.54, 1.807) is 24.3 Å². The van der Waals surface area contributed by atoms with Gasteiger partial charge in [-0.2, -0.15) is 0 Å². The number of halogens is 1. The van der Waals surface area contributed by atoms with Gasteiger partial charge in [0.05, 0.1) is 0 Å². The summed E-state index contributed by atoms with van der Waals surface area (Å²) in [7, 11) is 0. The normalized spacial score (nSPS) is 18.8. The molecule has 1 aliphatic rings. The number of allylic oxidation sites excluding steroid dienone is 1. The molecular formula is C22H13ClO4. The van der Waals surface area contributed by atoms with Gasteiger partial charge in [-0.1, -0.05) is 60.1 Å². The van der Waals surface area contributed by atoms with Crippen molar-refractivity contribution in [1.82, 2.24) is 0 Å². The number of cyclic esters (lactones) is 1. The average molecular weight is 377 g/mol. The second kappa shape index (κ2) is 6.82. The van der Waals surface area contributed by atoms with E-state index in [0.29, 0.717) is 16.1 Å². The molecule has 0 amide bonds. The highest BCUT2D eigenvalue weighted by Crippen LogP contribution is 2.29. The molecule has 1 aliphatic heterocycles. The van der Waals surface area contributed by atoms with E-state index in [0.717, 1.165) is 10.8 Å². The van der Waals surface area contributed by atoms with E-state index in [4.69, 9.17) is 16.3 Å². The smallest absolute Gasteiger partial charge is 0.381 e. The van der Waals surface area contributed by atoms with E-state index < -0.39 is 23.5 Å². The van der Waals surface area contributed by atoms with Crippen LogP contribution in [0.3, 0.4) is 0 Å². The number of rotatable bonds is 2. The Labute approximate surface area is 160 Å². The molecule has 0 N–H and O–H groups in total. The van der Waals surface area contributed by atoms with Crippen LogP contribution in [0.4, 0.5) is 0 Å². The Balaban J connectivity index is 1.74. The number of esters is 1. The average Bonchev–Trinajstić information content (AvgIpc) is 2.67. The minimum Gasteiger partial charge on any atom is -0.417 e. The van der Waals surface area contributed by atoms with Crippen molar-refractivity contribution in [1.29, 1.82) is 0 Å². The molecule has 1 heterocycles. The Hall–Kier alpha value is -3.24. The zero-order valence-electron chi connectivity index (χ0n) is 14.0. The highest BCUT2D eigenvalue weighted by molar-refractivity contribution is 6.44. The molecule has 3 aromatic rings. The summed E-state index contributed by atoms with van der Waals surface area (Å²) < 4.78 is 5.00. The van der Waals surface area contributed by atoms with Crippen molar-refractivity contribution in [3.63, 3.8) is 0 Å². The number of carbonyl (C=O) groups excluding carboxylic acids is 3. The van der Waals surface area contributed by atoms with Crippen molar-refractivity contribution < 1.29 is 19.1 Å². The first-order valence-electron chi connectivity index (χ1n) is 8.29. The number of carbonyl (C=O) groups is 3. The Morgan fingerprint density at radius 3 is 2.26 bits per heavy atom. The maximum Gasteiger partial charge on any atom is 0.381 e. The van der Waals surface area contributed by atoms with Gasteiger partial charge in [0.1, 0.15) is 5.92 Å². The summed E-state index contributed by atoms with van der Waals surface area (Å²) in [5.74, 6) is -3.82. The maximum atomic E-state index is 12.8. The van der Waals surface area contributed by atoms with Crippen LogP contribution in [0.25, 0.3) is 16.8 Å². The molecule has 1 unspecified atom stereocenters. The summed E-state index contributed by atoms with van der Waals surface area (Å²) >= 11 is 5.86. The summed E-state index contributed by atoms with van der Waals surface area (Å²) in [6.07, 6.45) is 1.49. The minimum absolute atomic E-state index is 0.144. The lowest BCUT2D eigenvalue weighted by molar-refractivity contribution is -0.157. The summed E-state index contributed by atoms with van der Waals surface area (Å²) in [5.41, 5.74) is 1.12. The van der Waals surface area contributed by atoms with Crippen LogP contribution in [-0.4, -0.2) is 17.5 Å². The SMILES string of the molecule is O=C1OC(=Cc2ccc3ccccc3c2)C(=O)C(c2ccc(Cl)cc2)C1=O. The molecule has 5 heteroatoms. The van der Waals surface area contributed by atoms with Crippen LogP contribution in [0, 0.1) is 0 Å². The predicted octanol–water partition coefficient (Wildman–Crippen LogP) is 4.31. The van der Waals surface area contributed by atoms with Crippen LogP contribution in [0.5, 0.6) is 0 Å². The summed E-state index contributed by atoms with van der Waals surface area (Å²) in [4.78, 5) is 37.1. The van der Waals surface area contributed by atoms with Gasteiger partial charge in [0, 0.05) is 5.02 Å². The number of ketones is 2. The topological polar surface area (TPSA) is 60.4 Å². The molecule has 27 heavy (non-hydrogen) atoms.